The van der Waals surface area contributed by atoms with Crippen LogP contribution in [0.2, 0.25) is 0 Å². The minimum absolute atomic E-state index is 0.227. The van der Waals surface area contributed by atoms with Gasteiger partial charge in [-0.2, -0.15) is 0 Å². The summed E-state index contributed by atoms with van der Waals surface area (Å²) in [6.07, 6.45) is 1.02. The Morgan fingerprint density at radius 3 is 2.86 bits per heavy atom. The van der Waals surface area contributed by atoms with E-state index in [1.54, 1.807) is 13.0 Å². The zero-order valence-electron chi connectivity index (χ0n) is 12.3. The number of halogens is 1. The number of thiocarbonyl (C=S) groups is 1. The average molecular weight is 311 g/mol. The Kier molecular flexibility index (Phi) is 6.35. The highest BCUT2D eigenvalue weighted by Crippen LogP contribution is 2.13. The zero-order valence-corrected chi connectivity index (χ0v) is 13.1. The Morgan fingerprint density at radius 2 is 2.14 bits per heavy atom. The average Bonchev–Trinajstić information content (AvgIpc) is 2.49. The fraction of sp³-hybridized carbons (Fsp3) is 0.533. The standard InChI is InChI=1S/C15H22FN3OS/c1-12-3-4-13(11-14(12)16)18-15(21)17-5-2-6-19-7-9-20-10-8-19/h3-4,11H,2,5-10H2,1H3,(H2,17,18,21). The largest absolute Gasteiger partial charge is 0.379 e. The molecule has 0 bridgehead atoms. The van der Waals surface area contributed by atoms with Crippen LogP contribution in [0.1, 0.15) is 12.0 Å². The predicted octanol–water partition coefficient (Wildman–Crippen LogP) is 2.14. The smallest absolute Gasteiger partial charge is 0.170 e. The lowest BCUT2D eigenvalue weighted by Gasteiger charge is -2.26. The van der Waals surface area contributed by atoms with E-state index in [0.29, 0.717) is 16.4 Å². The number of nitrogens with one attached hydrogen (secondary N) is 2. The lowest BCUT2D eigenvalue weighted by molar-refractivity contribution is 0.0376. The molecular weight excluding hydrogens is 289 g/mol. The summed E-state index contributed by atoms with van der Waals surface area (Å²) < 4.78 is 18.7. The monoisotopic (exact) mass is 311 g/mol. The third-order valence-corrected chi connectivity index (χ3v) is 3.72. The Morgan fingerprint density at radius 1 is 1.38 bits per heavy atom. The summed E-state index contributed by atoms with van der Waals surface area (Å²) in [6.45, 7) is 7.24. The van der Waals surface area contributed by atoms with Gasteiger partial charge in [-0.3, -0.25) is 4.90 Å². The van der Waals surface area contributed by atoms with E-state index in [2.05, 4.69) is 15.5 Å². The number of hydrogen-bond acceptors (Lipinski definition) is 3. The SMILES string of the molecule is Cc1ccc(NC(=S)NCCCN2CCOCC2)cc1F. The first-order valence-electron chi connectivity index (χ1n) is 7.26. The molecule has 21 heavy (non-hydrogen) atoms. The zero-order chi connectivity index (χ0) is 15.1. The lowest BCUT2D eigenvalue weighted by atomic mass is 10.2. The molecule has 1 aromatic rings. The molecule has 0 saturated carbocycles. The second-order valence-corrected chi connectivity index (χ2v) is 5.56. The number of ether oxygens (including phenoxy) is 1. The number of hydrogen-bond donors (Lipinski definition) is 2. The summed E-state index contributed by atoms with van der Waals surface area (Å²) in [5, 5.41) is 6.67. The van der Waals surface area contributed by atoms with Gasteiger partial charge < -0.3 is 15.4 Å². The molecular formula is C15H22FN3OS. The third-order valence-electron chi connectivity index (χ3n) is 3.47. The minimum atomic E-state index is -0.227. The van der Waals surface area contributed by atoms with Crippen molar-refractivity contribution in [3.8, 4) is 0 Å². The van der Waals surface area contributed by atoms with Crippen molar-refractivity contribution in [2.45, 2.75) is 13.3 Å². The van der Waals surface area contributed by atoms with Gasteiger partial charge in [-0.1, -0.05) is 6.07 Å². The highest BCUT2D eigenvalue weighted by molar-refractivity contribution is 7.80. The van der Waals surface area contributed by atoms with Gasteiger partial charge in [-0.05, 0) is 49.8 Å². The van der Waals surface area contributed by atoms with Crippen LogP contribution in [0, 0.1) is 12.7 Å². The molecule has 0 spiro atoms. The highest BCUT2D eigenvalue weighted by atomic mass is 32.1. The van der Waals surface area contributed by atoms with Crippen molar-refractivity contribution in [2.75, 3.05) is 44.7 Å². The van der Waals surface area contributed by atoms with Crippen molar-refractivity contribution in [2.24, 2.45) is 0 Å². The van der Waals surface area contributed by atoms with Crippen LogP contribution in [-0.4, -0.2) is 49.4 Å². The second kappa shape index (κ2) is 8.26. The van der Waals surface area contributed by atoms with E-state index in [0.717, 1.165) is 45.8 Å². The van der Waals surface area contributed by atoms with Crippen LogP contribution in [-0.2, 0) is 4.74 Å². The van der Waals surface area contributed by atoms with Gasteiger partial charge in [0.2, 0.25) is 0 Å². The van der Waals surface area contributed by atoms with E-state index in [1.165, 1.54) is 6.07 Å². The topological polar surface area (TPSA) is 36.5 Å². The fourth-order valence-corrected chi connectivity index (χ4v) is 2.40. The number of rotatable bonds is 5. The summed E-state index contributed by atoms with van der Waals surface area (Å²) in [4.78, 5) is 2.39. The van der Waals surface area contributed by atoms with Gasteiger partial charge in [-0.15, -0.1) is 0 Å². The van der Waals surface area contributed by atoms with Crippen LogP contribution < -0.4 is 10.6 Å². The van der Waals surface area contributed by atoms with Gasteiger partial charge in [0.1, 0.15) is 5.82 Å². The molecule has 2 rings (SSSR count). The van der Waals surface area contributed by atoms with Gasteiger partial charge in [0.05, 0.1) is 13.2 Å². The maximum atomic E-state index is 13.4. The quantitative estimate of drug-likeness (QED) is 0.644. The van der Waals surface area contributed by atoms with Gasteiger partial charge in [0.25, 0.3) is 0 Å². The first-order valence-corrected chi connectivity index (χ1v) is 7.67. The fourth-order valence-electron chi connectivity index (χ4n) is 2.18. The maximum absolute atomic E-state index is 13.4. The number of morpholine rings is 1. The highest BCUT2D eigenvalue weighted by Gasteiger charge is 2.09. The van der Waals surface area contributed by atoms with Crippen LogP contribution in [0.5, 0.6) is 0 Å². The Hall–Kier alpha value is -1.24. The molecule has 0 radical (unpaired) electrons. The molecule has 0 amide bonds. The van der Waals surface area contributed by atoms with E-state index < -0.39 is 0 Å². The molecule has 116 valence electrons. The molecule has 0 atom stereocenters. The first-order chi connectivity index (χ1) is 10.1. The van der Waals surface area contributed by atoms with Crippen LogP contribution in [0.25, 0.3) is 0 Å². The van der Waals surface area contributed by atoms with Gasteiger partial charge >= 0.3 is 0 Å². The summed E-state index contributed by atoms with van der Waals surface area (Å²) in [6, 6.07) is 5.01. The molecule has 1 aromatic carbocycles. The molecule has 0 unspecified atom stereocenters. The lowest BCUT2D eigenvalue weighted by Crippen LogP contribution is -2.38. The molecule has 1 fully saturated rings. The number of benzene rings is 1. The van der Waals surface area contributed by atoms with Crippen LogP contribution >= 0.6 is 12.2 Å². The molecule has 0 aliphatic carbocycles. The summed E-state index contributed by atoms with van der Waals surface area (Å²) in [5.41, 5.74) is 1.30. The molecule has 1 aliphatic heterocycles. The van der Waals surface area contributed by atoms with E-state index in [1.807, 2.05) is 6.07 Å². The number of aryl methyl sites for hydroxylation is 1. The first kappa shape index (κ1) is 16.1. The van der Waals surface area contributed by atoms with Crippen LogP contribution in [0.3, 0.4) is 0 Å². The summed E-state index contributed by atoms with van der Waals surface area (Å²) >= 11 is 5.20. The van der Waals surface area contributed by atoms with Crippen molar-refractivity contribution in [3.63, 3.8) is 0 Å². The second-order valence-electron chi connectivity index (χ2n) is 5.15. The maximum Gasteiger partial charge on any atom is 0.170 e. The Balaban J connectivity index is 1.63. The molecule has 1 aliphatic rings. The Bertz CT molecular complexity index is 478. The van der Waals surface area contributed by atoms with E-state index in [-0.39, 0.29) is 5.82 Å². The minimum Gasteiger partial charge on any atom is -0.379 e. The van der Waals surface area contributed by atoms with Crippen molar-refractivity contribution in [1.82, 2.24) is 10.2 Å². The Labute approximate surface area is 130 Å². The van der Waals surface area contributed by atoms with Gasteiger partial charge in [0, 0.05) is 25.3 Å². The number of nitrogens with zero attached hydrogens (tertiary/aromatic N) is 1. The molecule has 2 N–H and O–H groups in total. The van der Waals surface area contributed by atoms with Crippen LogP contribution in [0.15, 0.2) is 18.2 Å². The predicted molar refractivity (Wildman–Crippen MR) is 87.2 cm³/mol. The molecule has 4 nitrogen and oxygen atoms in total. The van der Waals surface area contributed by atoms with E-state index >= 15 is 0 Å². The van der Waals surface area contributed by atoms with E-state index in [9.17, 15) is 4.39 Å². The van der Waals surface area contributed by atoms with E-state index in [4.69, 9.17) is 17.0 Å². The third kappa shape index (κ3) is 5.57. The summed E-state index contributed by atoms with van der Waals surface area (Å²) in [5.74, 6) is -0.227. The van der Waals surface area contributed by atoms with Gasteiger partial charge in [0.15, 0.2) is 5.11 Å². The van der Waals surface area contributed by atoms with Gasteiger partial charge in [-0.25, -0.2) is 4.39 Å². The van der Waals surface area contributed by atoms with Crippen molar-refractivity contribution >= 4 is 23.0 Å². The molecule has 0 aromatic heterocycles. The molecule has 1 saturated heterocycles. The van der Waals surface area contributed by atoms with Crippen LogP contribution in [0.4, 0.5) is 10.1 Å². The molecule has 6 heteroatoms. The number of anilines is 1. The van der Waals surface area contributed by atoms with Crippen molar-refractivity contribution in [1.29, 1.82) is 0 Å². The molecule has 1 heterocycles. The van der Waals surface area contributed by atoms with Crippen molar-refractivity contribution < 1.29 is 9.13 Å². The normalized spacial score (nSPS) is 15.7. The summed E-state index contributed by atoms with van der Waals surface area (Å²) in [7, 11) is 0. The van der Waals surface area contributed by atoms with Crippen molar-refractivity contribution in [3.05, 3.63) is 29.6 Å².